The van der Waals surface area contributed by atoms with Gasteiger partial charge in [0.2, 0.25) is 5.43 Å². The van der Waals surface area contributed by atoms with Gasteiger partial charge in [0.05, 0.1) is 17.4 Å². The standard InChI is InChI=1S/C21H25NO3/c1-15(2)22-12-6-3-7-13-24-16-10-11-18-20(14-16)25-19-9-5-4-8-17(19)21(18)23/h4-5,8-11,14-15,22H,3,6-7,12-13H2,1-2H3. The summed E-state index contributed by atoms with van der Waals surface area (Å²) in [5, 5.41) is 4.61. The molecule has 0 fully saturated rings. The molecule has 132 valence electrons. The van der Waals surface area contributed by atoms with Crippen LogP contribution < -0.4 is 15.5 Å². The molecule has 1 aromatic heterocycles. The summed E-state index contributed by atoms with van der Waals surface area (Å²) in [6.07, 6.45) is 3.30. The zero-order chi connectivity index (χ0) is 17.6. The van der Waals surface area contributed by atoms with E-state index in [0.717, 1.165) is 31.6 Å². The van der Waals surface area contributed by atoms with Gasteiger partial charge in [-0.15, -0.1) is 0 Å². The number of hydrogen-bond donors (Lipinski definition) is 1. The minimum absolute atomic E-state index is 0.000975. The molecule has 25 heavy (non-hydrogen) atoms. The molecule has 0 radical (unpaired) electrons. The van der Waals surface area contributed by atoms with Gasteiger partial charge < -0.3 is 14.5 Å². The Morgan fingerprint density at radius 3 is 2.64 bits per heavy atom. The van der Waals surface area contributed by atoms with E-state index in [9.17, 15) is 4.79 Å². The normalized spacial score (nSPS) is 11.5. The van der Waals surface area contributed by atoms with Crippen LogP contribution >= 0.6 is 0 Å². The van der Waals surface area contributed by atoms with Crippen LogP contribution in [-0.2, 0) is 0 Å². The zero-order valence-corrected chi connectivity index (χ0v) is 14.9. The number of rotatable bonds is 8. The Kier molecular flexibility index (Phi) is 5.71. The van der Waals surface area contributed by atoms with Crippen LogP contribution in [0.4, 0.5) is 0 Å². The van der Waals surface area contributed by atoms with E-state index < -0.39 is 0 Å². The van der Waals surface area contributed by atoms with Crippen molar-refractivity contribution >= 4 is 21.9 Å². The first-order valence-corrected chi connectivity index (χ1v) is 8.97. The minimum atomic E-state index is 0.000975. The lowest BCUT2D eigenvalue weighted by atomic mass is 10.1. The van der Waals surface area contributed by atoms with E-state index in [1.807, 2.05) is 30.3 Å². The second-order valence-electron chi connectivity index (χ2n) is 6.60. The molecule has 0 atom stereocenters. The van der Waals surface area contributed by atoms with Crippen LogP contribution in [0.3, 0.4) is 0 Å². The summed E-state index contributed by atoms with van der Waals surface area (Å²) in [7, 11) is 0. The average molecular weight is 339 g/mol. The molecule has 0 bridgehead atoms. The van der Waals surface area contributed by atoms with Crippen LogP contribution in [0, 0.1) is 0 Å². The first-order valence-electron chi connectivity index (χ1n) is 8.97. The maximum Gasteiger partial charge on any atom is 0.200 e. The number of nitrogens with one attached hydrogen (secondary N) is 1. The Labute approximate surface area is 147 Å². The van der Waals surface area contributed by atoms with Gasteiger partial charge in [0.1, 0.15) is 16.9 Å². The summed E-state index contributed by atoms with van der Waals surface area (Å²) in [5.41, 5.74) is 1.18. The number of benzene rings is 2. The van der Waals surface area contributed by atoms with Crippen LogP contribution in [0.2, 0.25) is 0 Å². The largest absolute Gasteiger partial charge is 0.493 e. The van der Waals surface area contributed by atoms with Crippen LogP contribution in [0.1, 0.15) is 33.1 Å². The van der Waals surface area contributed by atoms with Gasteiger partial charge in [-0.1, -0.05) is 26.0 Å². The lowest BCUT2D eigenvalue weighted by Crippen LogP contribution is -2.23. The maximum atomic E-state index is 12.5. The molecule has 2 aromatic carbocycles. The molecule has 0 aliphatic heterocycles. The van der Waals surface area contributed by atoms with E-state index in [0.29, 0.717) is 34.6 Å². The van der Waals surface area contributed by atoms with Gasteiger partial charge in [-0.3, -0.25) is 4.79 Å². The van der Waals surface area contributed by atoms with Crippen molar-refractivity contribution in [1.29, 1.82) is 0 Å². The molecule has 0 saturated carbocycles. The van der Waals surface area contributed by atoms with E-state index in [1.165, 1.54) is 0 Å². The number of fused-ring (bicyclic) bond motifs is 2. The van der Waals surface area contributed by atoms with Crippen LogP contribution in [-0.4, -0.2) is 19.2 Å². The molecule has 4 heteroatoms. The Morgan fingerprint density at radius 2 is 1.80 bits per heavy atom. The van der Waals surface area contributed by atoms with Crippen molar-refractivity contribution in [2.75, 3.05) is 13.2 Å². The summed E-state index contributed by atoms with van der Waals surface area (Å²) >= 11 is 0. The van der Waals surface area contributed by atoms with E-state index >= 15 is 0 Å². The van der Waals surface area contributed by atoms with Gasteiger partial charge >= 0.3 is 0 Å². The molecule has 4 nitrogen and oxygen atoms in total. The zero-order valence-electron chi connectivity index (χ0n) is 14.9. The molecule has 1 heterocycles. The van der Waals surface area contributed by atoms with Crippen molar-refractivity contribution in [2.45, 2.75) is 39.2 Å². The van der Waals surface area contributed by atoms with Gasteiger partial charge in [-0.05, 0) is 50.1 Å². The second kappa shape index (κ2) is 8.17. The van der Waals surface area contributed by atoms with Crippen LogP contribution in [0.5, 0.6) is 5.75 Å². The Morgan fingerprint density at radius 1 is 1.00 bits per heavy atom. The third kappa shape index (κ3) is 4.40. The number of ether oxygens (including phenoxy) is 1. The van der Waals surface area contributed by atoms with E-state index in [2.05, 4.69) is 19.2 Å². The van der Waals surface area contributed by atoms with Gasteiger partial charge in [-0.2, -0.15) is 0 Å². The van der Waals surface area contributed by atoms with Crippen LogP contribution in [0.25, 0.3) is 21.9 Å². The molecule has 3 aromatic rings. The molecule has 0 aliphatic carbocycles. The lowest BCUT2D eigenvalue weighted by Gasteiger charge is -2.09. The average Bonchev–Trinajstić information content (AvgIpc) is 2.61. The fourth-order valence-corrected chi connectivity index (χ4v) is 2.86. The van der Waals surface area contributed by atoms with E-state index in [1.54, 1.807) is 12.1 Å². The second-order valence-corrected chi connectivity index (χ2v) is 6.60. The van der Waals surface area contributed by atoms with E-state index in [-0.39, 0.29) is 5.43 Å². The van der Waals surface area contributed by atoms with Crippen LogP contribution in [0.15, 0.2) is 51.7 Å². The summed E-state index contributed by atoms with van der Waals surface area (Å²) in [6, 6.07) is 13.3. The van der Waals surface area contributed by atoms with Crippen molar-refractivity contribution in [3.8, 4) is 5.75 Å². The maximum absolute atomic E-state index is 12.5. The Bertz CT molecular complexity index is 898. The molecule has 0 spiro atoms. The molecule has 3 rings (SSSR count). The Hall–Kier alpha value is -2.33. The van der Waals surface area contributed by atoms with Crippen molar-refractivity contribution in [2.24, 2.45) is 0 Å². The van der Waals surface area contributed by atoms with Gasteiger partial charge in [-0.25, -0.2) is 0 Å². The molecule has 0 unspecified atom stereocenters. The number of hydrogen-bond acceptors (Lipinski definition) is 4. The van der Waals surface area contributed by atoms with Crippen molar-refractivity contribution in [1.82, 2.24) is 5.32 Å². The molecular formula is C21H25NO3. The fourth-order valence-electron chi connectivity index (χ4n) is 2.86. The predicted octanol–water partition coefficient (Wildman–Crippen LogP) is 4.49. The van der Waals surface area contributed by atoms with Crippen molar-refractivity contribution in [3.63, 3.8) is 0 Å². The molecule has 0 aliphatic rings. The minimum Gasteiger partial charge on any atom is -0.493 e. The van der Waals surface area contributed by atoms with E-state index in [4.69, 9.17) is 9.15 Å². The highest BCUT2D eigenvalue weighted by molar-refractivity contribution is 5.90. The topological polar surface area (TPSA) is 51.5 Å². The molecular weight excluding hydrogens is 314 g/mol. The highest BCUT2D eigenvalue weighted by atomic mass is 16.5. The quantitative estimate of drug-likeness (QED) is 0.485. The third-order valence-corrected chi connectivity index (χ3v) is 4.19. The van der Waals surface area contributed by atoms with Crippen molar-refractivity contribution < 1.29 is 9.15 Å². The number of unbranched alkanes of at least 4 members (excludes halogenated alkanes) is 2. The molecule has 1 N–H and O–H groups in total. The van der Waals surface area contributed by atoms with Gasteiger partial charge in [0.15, 0.2) is 0 Å². The number of para-hydroxylation sites is 1. The van der Waals surface area contributed by atoms with Crippen molar-refractivity contribution in [3.05, 3.63) is 52.7 Å². The smallest absolute Gasteiger partial charge is 0.200 e. The fraction of sp³-hybridized carbons (Fsp3) is 0.381. The predicted molar refractivity (Wildman–Crippen MR) is 102 cm³/mol. The van der Waals surface area contributed by atoms with Gasteiger partial charge in [0.25, 0.3) is 0 Å². The summed E-state index contributed by atoms with van der Waals surface area (Å²) in [5.74, 6) is 0.742. The molecule has 0 amide bonds. The monoisotopic (exact) mass is 339 g/mol. The lowest BCUT2D eigenvalue weighted by molar-refractivity contribution is 0.304. The third-order valence-electron chi connectivity index (χ3n) is 4.19. The Balaban J connectivity index is 1.62. The summed E-state index contributed by atoms with van der Waals surface area (Å²) in [6.45, 7) is 6.03. The van der Waals surface area contributed by atoms with Gasteiger partial charge in [0, 0.05) is 12.1 Å². The SMILES string of the molecule is CC(C)NCCCCCOc1ccc2c(=O)c3ccccc3oc2c1. The summed E-state index contributed by atoms with van der Waals surface area (Å²) in [4.78, 5) is 12.5. The molecule has 0 saturated heterocycles. The highest BCUT2D eigenvalue weighted by Gasteiger charge is 2.08. The first kappa shape index (κ1) is 17.5. The first-order chi connectivity index (χ1) is 12.1. The summed E-state index contributed by atoms with van der Waals surface area (Å²) < 4.78 is 11.7. The highest BCUT2D eigenvalue weighted by Crippen LogP contribution is 2.23.